The first kappa shape index (κ1) is 12.9. The van der Waals surface area contributed by atoms with Gasteiger partial charge >= 0.3 is 0 Å². The third-order valence-corrected chi connectivity index (χ3v) is 5.78. The number of rotatable bonds is 1. The SMILES string of the molecule is NC1CCCCC1C1CCOC2(CCCCC2)C1. The summed E-state index contributed by atoms with van der Waals surface area (Å²) in [5.74, 6) is 1.65. The minimum absolute atomic E-state index is 0.262. The van der Waals surface area contributed by atoms with E-state index in [0.717, 1.165) is 18.4 Å². The van der Waals surface area contributed by atoms with Gasteiger partial charge in [-0.1, -0.05) is 32.1 Å². The second-order valence-corrected chi connectivity index (χ2v) is 6.96. The van der Waals surface area contributed by atoms with Crippen LogP contribution in [-0.2, 0) is 4.74 Å². The Labute approximate surface area is 112 Å². The van der Waals surface area contributed by atoms with Gasteiger partial charge in [0.2, 0.25) is 0 Å². The molecule has 2 aliphatic carbocycles. The van der Waals surface area contributed by atoms with Crippen LogP contribution in [0.5, 0.6) is 0 Å². The van der Waals surface area contributed by atoms with Crippen LogP contribution in [0, 0.1) is 11.8 Å². The summed E-state index contributed by atoms with van der Waals surface area (Å²) in [4.78, 5) is 0. The molecule has 1 aliphatic heterocycles. The summed E-state index contributed by atoms with van der Waals surface area (Å²) in [5, 5.41) is 0. The van der Waals surface area contributed by atoms with Crippen molar-refractivity contribution in [2.45, 2.75) is 82.3 Å². The van der Waals surface area contributed by atoms with E-state index in [9.17, 15) is 0 Å². The highest BCUT2D eigenvalue weighted by Crippen LogP contribution is 2.45. The quantitative estimate of drug-likeness (QED) is 0.772. The fourth-order valence-corrected chi connectivity index (χ4v) is 4.75. The predicted molar refractivity (Wildman–Crippen MR) is 74.4 cm³/mol. The lowest BCUT2D eigenvalue weighted by atomic mass is 9.68. The maximum atomic E-state index is 6.39. The molecule has 3 atom stereocenters. The van der Waals surface area contributed by atoms with Crippen LogP contribution >= 0.6 is 0 Å². The molecule has 0 radical (unpaired) electrons. The first-order valence-electron chi connectivity index (χ1n) is 8.19. The minimum atomic E-state index is 0.262. The monoisotopic (exact) mass is 251 g/mol. The standard InChI is InChI=1S/C16H29NO/c17-15-7-3-2-6-14(15)13-8-11-18-16(12-13)9-4-1-5-10-16/h13-15H,1-12,17H2. The van der Waals surface area contributed by atoms with E-state index in [4.69, 9.17) is 10.5 Å². The Balaban J connectivity index is 1.65. The minimum Gasteiger partial charge on any atom is -0.375 e. The van der Waals surface area contributed by atoms with E-state index in [2.05, 4.69) is 0 Å². The first-order valence-corrected chi connectivity index (χ1v) is 8.19. The van der Waals surface area contributed by atoms with Gasteiger partial charge in [-0.2, -0.15) is 0 Å². The van der Waals surface area contributed by atoms with Crippen molar-refractivity contribution >= 4 is 0 Å². The maximum Gasteiger partial charge on any atom is 0.0685 e. The van der Waals surface area contributed by atoms with Gasteiger partial charge in [0.25, 0.3) is 0 Å². The molecule has 3 unspecified atom stereocenters. The van der Waals surface area contributed by atoms with Gasteiger partial charge < -0.3 is 10.5 Å². The zero-order chi connectivity index (χ0) is 12.4. The van der Waals surface area contributed by atoms with E-state index in [1.54, 1.807) is 0 Å². The molecule has 1 saturated heterocycles. The highest BCUT2D eigenvalue weighted by atomic mass is 16.5. The van der Waals surface area contributed by atoms with E-state index in [-0.39, 0.29) is 5.60 Å². The van der Waals surface area contributed by atoms with Crippen molar-refractivity contribution in [2.75, 3.05) is 6.61 Å². The molecule has 0 aromatic carbocycles. The molecule has 0 bridgehead atoms. The summed E-state index contributed by atoms with van der Waals surface area (Å²) in [7, 11) is 0. The topological polar surface area (TPSA) is 35.2 Å². The lowest BCUT2D eigenvalue weighted by Gasteiger charge is -2.47. The predicted octanol–water partition coefficient (Wildman–Crippen LogP) is 3.63. The molecule has 3 fully saturated rings. The van der Waals surface area contributed by atoms with Gasteiger partial charge in [-0.15, -0.1) is 0 Å². The van der Waals surface area contributed by atoms with Crippen LogP contribution < -0.4 is 5.73 Å². The van der Waals surface area contributed by atoms with Gasteiger partial charge in [0.1, 0.15) is 0 Å². The van der Waals surface area contributed by atoms with Gasteiger partial charge in [0.05, 0.1) is 5.60 Å². The lowest BCUT2D eigenvalue weighted by molar-refractivity contribution is -0.128. The van der Waals surface area contributed by atoms with Gasteiger partial charge in [0, 0.05) is 12.6 Å². The fourth-order valence-electron chi connectivity index (χ4n) is 4.75. The van der Waals surface area contributed by atoms with Crippen molar-refractivity contribution in [3.63, 3.8) is 0 Å². The van der Waals surface area contributed by atoms with Gasteiger partial charge in [0.15, 0.2) is 0 Å². The molecule has 18 heavy (non-hydrogen) atoms. The van der Waals surface area contributed by atoms with Crippen LogP contribution in [0.3, 0.4) is 0 Å². The zero-order valence-electron chi connectivity index (χ0n) is 11.7. The Kier molecular flexibility index (Phi) is 3.95. The molecule has 2 N–H and O–H groups in total. The normalized spacial score (nSPS) is 40.8. The Bertz CT molecular complexity index is 267. The highest BCUT2D eigenvalue weighted by Gasteiger charge is 2.42. The summed E-state index contributed by atoms with van der Waals surface area (Å²) in [6, 6.07) is 0.475. The van der Waals surface area contributed by atoms with E-state index in [0.29, 0.717) is 6.04 Å². The average Bonchev–Trinajstić information content (AvgIpc) is 2.40. The second-order valence-electron chi connectivity index (χ2n) is 6.96. The van der Waals surface area contributed by atoms with E-state index >= 15 is 0 Å². The first-order chi connectivity index (χ1) is 8.79. The maximum absolute atomic E-state index is 6.39. The molecule has 0 aromatic heterocycles. The molecule has 2 nitrogen and oxygen atoms in total. The van der Waals surface area contributed by atoms with Crippen LogP contribution in [0.15, 0.2) is 0 Å². The highest BCUT2D eigenvalue weighted by molar-refractivity contribution is 4.94. The summed E-state index contributed by atoms with van der Waals surface area (Å²) < 4.78 is 6.22. The summed E-state index contributed by atoms with van der Waals surface area (Å²) >= 11 is 0. The molecule has 3 rings (SSSR count). The third kappa shape index (κ3) is 2.60. The van der Waals surface area contributed by atoms with Crippen LogP contribution in [0.25, 0.3) is 0 Å². The van der Waals surface area contributed by atoms with Crippen LogP contribution in [0.4, 0.5) is 0 Å². The van der Waals surface area contributed by atoms with E-state index in [1.807, 2.05) is 0 Å². The molecular formula is C16H29NO. The van der Waals surface area contributed by atoms with Crippen molar-refractivity contribution < 1.29 is 4.74 Å². The Morgan fingerprint density at radius 2 is 1.67 bits per heavy atom. The molecule has 1 spiro atoms. The molecule has 0 aromatic rings. The number of ether oxygens (including phenoxy) is 1. The van der Waals surface area contributed by atoms with Crippen LogP contribution in [-0.4, -0.2) is 18.2 Å². The third-order valence-electron chi connectivity index (χ3n) is 5.78. The average molecular weight is 251 g/mol. The molecule has 2 saturated carbocycles. The van der Waals surface area contributed by atoms with E-state index < -0.39 is 0 Å². The largest absolute Gasteiger partial charge is 0.375 e. The fraction of sp³-hybridized carbons (Fsp3) is 1.00. The van der Waals surface area contributed by atoms with Crippen molar-refractivity contribution in [3.05, 3.63) is 0 Å². The molecule has 2 heteroatoms. The van der Waals surface area contributed by atoms with Crippen molar-refractivity contribution in [3.8, 4) is 0 Å². The molecule has 1 heterocycles. The van der Waals surface area contributed by atoms with E-state index in [1.165, 1.54) is 70.6 Å². The van der Waals surface area contributed by atoms with Crippen molar-refractivity contribution in [1.82, 2.24) is 0 Å². The molecular weight excluding hydrogens is 222 g/mol. The lowest BCUT2D eigenvalue weighted by Crippen LogP contribution is -2.47. The number of hydrogen-bond acceptors (Lipinski definition) is 2. The van der Waals surface area contributed by atoms with Crippen LogP contribution in [0.2, 0.25) is 0 Å². The summed E-state index contributed by atoms with van der Waals surface area (Å²) in [5.41, 5.74) is 6.65. The van der Waals surface area contributed by atoms with Crippen molar-refractivity contribution in [1.29, 1.82) is 0 Å². The molecule has 3 aliphatic rings. The summed E-state index contributed by atoms with van der Waals surface area (Å²) in [6.07, 6.45) is 14.8. The number of nitrogens with two attached hydrogens (primary N) is 1. The van der Waals surface area contributed by atoms with Gasteiger partial charge in [-0.05, 0) is 50.4 Å². The van der Waals surface area contributed by atoms with Gasteiger partial charge in [-0.3, -0.25) is 0 Å². The smallest absolute Gasteiger partial charge is 0.0685 e. The van der Waals surface area contributed by atoms with Gasteiger partial charge in [-0.25, -0.2) is 0 Å². The summed E-state index contributed by atoms with van der Waals surface area (Å²) in [6.45, 7) is 0.994. The molecule has 0 amide bonds. The molecule has 104 valence electrons. The number of hydrogen-bond donors (Lipinski definition) is 1. The van der Waals surface area contributed by atoms with Crippen LogP contribution in [0.1, 0.15) is 70.6 Å². The Hall–Kier alpha value is -0.0800. The second kappa shape index (κ2) is 5.50. The Morgan fingerprint density at radius 1 is 0.889 bits per heavy atom. The Morgan fingerprint density at radius 3 is 2.44 bits per heavy atom. The zero-order valence-corrected chi connectivity index (χ0v) is 11.7. The van der Waals surface area contributed by atoms with Crippen molar-refractivity contribution in [2.24, 2.45) is 17.6 Å².